The molecule has 0 bridgehead atoms. The van der Waals surface area contributed by atoms with Crippen molar-refractivity contribution in [3.8, 4) is 11.1 Å². The zero-order valence-corrected chi connectivity index (χ0v) is 19.6. The molecule has 0 aromatic heterocycles. The lowest BCUT2D eigenvalue weighted by Crippen LogP contribution is -2.48. The average molecular weight is 475 g/mol. The summed E-state index contributed by atoms with van der Waals surface area (Å²) in [4.78, 5) is 39.4. The number of allylic oxidation sites excluding steroid dienone is 1. The topological polar surface area (TPSA) is 95.9 Å². The van der Waals surface area contributed by atoms with Crippen LogP contribution in [-0.4, -0.2) is 53.7 Å². The summed E-state index contributed by atoms with van der Waals surface area (Å²) in [6.45, 7) is 4.50. The van der Waals surface area contributed by atoms with Gasteiger partial charge in [0.25, 0.3) is 0 Å². The highest BCUT2D eigenvalue weighted by atomic mass is 16.5. The van der Waals surface area contributed by atoms with Crippen molar-refractivity contribution in [2.45, 2.75) is 37.6 Å². The van der Waals surface area contributed by atoms with E-state index in [0.29, 0.717) is 19.4 Å². The van der Waals surface area contributed by atoms with Crippen molar-refractivity contribution in [1.29, 1.82) is 0 Å². The number of amides is 2. The molecule has 2 amide bonds. The van der Waals surface area contributed by atoms with Gasteiger partial charge in [-0.25, -0.2) is 4.79 Å². The minimum atomic E-state index is -0.857. The van der Waals surface area contributed by atoms with Gasteiger partial charge in [0.05, 0.1) is 5.92 Å². The number of fused-ring (bicyclic) bond motifs is 3. The van der Waals surface area contributed by atoms with Crippen molar-refractivity contribution in [3.63, 3.8) is 0 Å². The number of carboxylic acid groups (broad SMARTS) is 1. The van der Waals surface area contributed by atoms with E-state index < -0.39 is 24.0 Å². The molecule has 7 nitrogen and oxygen atoms in total. The molecule has 0 radical (unpaired) electrons. The molecule has 1 spiro atoms. The van der Waals surface area contributed by atoms with Crippen LogP contribution in [0.15, 0.2) is 61.2 Å². The predicted molar refractivity (Wildman–Crippen MR) is 131 cm³/mol. The van der Waals surface area contributed by atoms with Gasteiger partial charge in [-0.2, -0.15) is 0 Å². The van der Waals surface area contributed by atoms with Crippen LogP contribution >= 0.6 is 0 Å². The molecule has 2 aromatic rings. The van der Waals surface area contributed by atoms with E-state index in [1.165, 1.54) is 0 Å². The van der Waals surface area contributed by atoms with Crippen LogP contribution < -0.4 is 5.32 Å². The van der Waals surface area contributed by atoms with Gasteiger partial charge in [-0.15, -0.1) is 6.58 Å². The zero-order valence-electron chi connectivity index (χ0n) is 19.6. The van der Waals surface area contributed by atoms with Crippen molar-refractivity contribution < 1.29 is 24.2 Å². The average Bonchev–Trinajstić information content (AvgIpc) is 3.41. The van der Waals surface area contributed by atoms with Gasteiger partial charge in [-0.05, 0) is 47.9 Å². The van der Waals surface area contributed by atoms with Crippen LogP contribution in [0.4, 0.5) is 4.79 Å². The molecular formula is C28H30N2O5. The van der Waals surface area contributed by atoms with Gasteiger partial charge in [0.2, 0.25) is 5.91 Å². The van der Waals surface area contributed by atoms with Crippen LogP contribution in [0.2, 0.25) is 0 Å². The monoisotopic (exact) mass is 474 g/mol. The molecule has 2 unspecified atom stereocenters. The lowest BCUT2D eigenvalue weighted by molar-refractivity contribution is -0.143. The second kappa shape index (κ2) is 9.21. The van der Waals surface area contributed by atoms with Crippen molar-refractivity contribution in [2.75, 3.05) is 19.7 Å². The molecule has 2 N–H and O–H groups in total. The molecule has 1 saturated carbocycles. The highest BCUT2D eigenvalue weighted by molar-refractivity contribution is 5.87. The molecule has 5 rings (SSSR count). The lowest BCUT2D eigenvalue weighted by atomic mass is 9.93. The van der Waals surface area contributed by atoms with Crippen molar-refractivity contribution in [1.82, 2.24) is 10.2 Å². The van der Waals surface area contributed by atoms with E-state index in [9.17, 15) is 19.5 Å². The van der Waals surface area contributed by atoms with E-state index in [0.717, 1.165) is 35.1 Å². The standard InChI is InChI=1S/C28H30N2O5/c1-2-3-12-24(25(31)30-15-23(26(32)33)28(17-30)13-14-28)29-27(34)35-16-22-20-10-6-4-8-18(20)19-9-5-7-11-21(19)22/h2,4-11,22-24H,1,3,12-17H2,(H,29,34)(H,32,33). The minimum Gasteiger partial charge on any atom is -0.481 e. The van der Waals surface area contributed by atoms with Crippen molar-refractivity contribution in [3.05, 3.63) is 72.3 Å². The van der Waals surface area contributed by atoms with Gasteiger partial charge in [-0.3, -0.25) is 9.59 Å². The van der Waals surface area contributed by atoms with E-state index in [4.69, 9.17) is 4.74 Å². The molecule has 7 heteroatoms. The van der Waals surface area contributed by atoms with Crippen LogP contribution in [0.25, 0.3) is 11.1 Å². The fourth-order valence-electron chi connectivity index (χ4n) is 5.69. The molecule has 35 heavy (non-hydrogen) atoms. The van der Waals surface area contributed by atoms with Gasteiger partial charge in [0, 0.05) is 24.4 Å². The van der Waals surface area contributed by atoms with Crippen LogP contribution in [0, 0.1) is 11.3 Å². The molecule has 2 atom stereocenters. The Morgan fingerprint density at radius 3 is 2.29 bits per heavy atom. The maximum absolute atomic E-state index is 13.3. The summed E-state index contributed by atoms with van der Waals surface area (Å²) in [5, 5.41) is 12.3. The number of nitrogens with one attached hydrogen (secondary N) is 1. The first kappa shape index (κ1) is 23.1. The number of benzene rings is 2. The Bertz CT molecular complexity index is 1130. The summed E-state index contributed by atoms with van der Waals surface area (Å²) >= 11 is 0. The number of alkyl carbamates (subject to hydrolysis) is 1. The number of aliphatic carboxylic acids is 1. The third-order valence-corrected chi connectivity index (χ3v) is 7.74. The highest BCUT2D eigenvalue weighted by Gasteiger charge is 2.59. The molecule has 182 valence electrons. The number of hydrogen-bond donors (Lipinski definition) is 2. The second-order valence-corrected chi connectivity index (χ2v) is 9.86. The number of carbonyl (C=O) groups excluding carboxylic acids is 2. The van der Waals surface area contributed by atoms with Gasteiger partial charge in [0.1, 0.15) is 12.6 Å². The SMILES string of the molecule is C=CCCC(NC(=O)OCC1c2ccccc2-c2ccccc21)C(=O)N1CC(C(=O)O)C2(CC2)C1. The van der Waals surface area contributed by atoms with Gasteiger partial charge < -0.3 is 20.1 Å². The summed E-state index contributed by atoms with van der Waals surface area (Å²) in [6, 6.07) is 15.4. The van der Waals surface area contributed by atoms with Crippen LogP contribution in [0.1, 0.15) is 42.7 Å². The maximum Gasteiger partial charge on any atom is 0.407 e. The second-order valence-electron chi connectivity index (χ2n) is 9.86. The summed E-state index contributed by atoms with van der Waals surface area (Å²) in [5.74, 6) is -1.72. The van der Waals surface area contributed by atoms with E-state index in [1.54, 1.807) is 11.0 Å². The Balaban J connectivity index is 1.25. The zero-order chi connectivity index (χ0) is 24.6. The first-order valence-corrected chi connectivity index (χ1v) is 12.2. The van der Waals surface area contributed by atoms with Crippen LogP contribution in [-0.2, 0) is 14.3 Å². The number of carboxylic acids is 1. The minimum absolute atomic E-state index is 0.0693. The Hall–Kier alpha value is -3.61. The van der Waals surface area contributed by atoms with E-state index >= 15 is 0 Å². The fraction of sp³-hybridized carbons (Fsp3) is 0.393. The molecule has 2 aromatic carbocycles. The fourth-order valence-corrected chi connectivity index (χ4v) is 5.69. The third kappa shape index (κ3) is 4.31. The van der Waals surface area contributed by atoms with Crippen LogP contribution in [0.3, 0.4) is 0 Å². The number of rotatable bonds is 8. The van der Waals surface area contributed by atoms with E-state index in [1.807, 2.05) is 24.3 Å². The quantitative estimate of drug-likeness (QED) is 0.560. The van der Waals surface area contributed by atoms with Gasteiger partial charge >= 0.3 is 12.1 Å². The summed E-state index contributed by atoms with van der Waals surface area (Å²) in [6.07, 6.45) is 3.63. The Labute approximate surface area is 204 Å². The molecular weight excluding hydrogens is 444 g/mol. The molecule has 3 aliphatic rings. The van der Waals surface area contributed by atoms with Gasteiger partial charge in [0.15, 0.2) is 0 Å². The molecule has 2 fully saturated rings. The maximum atomic E-state index is 13.3. The highest BCUT2D eigenvalue weighted by Crippen LogP contribution is 2.56. The molecule has 2 aliphatic carbocycles. The number of hydrogen-bond acceptors (Lipinski definition) is 4. The van der Waals surface area contributed by atoms with Crippen molar-refractivity contribution in [2.24, 2.45) is 11.3 Å². The molecule has 1 aliphatic heterocycles. The number of ether oxygens (including phenoxy) is 1. The molecule has 1 heterocycles. The number of nitrogens with zero attached hydrogens (tertiary/aromatic N) is 1. The predicted octanol–water partition coefficient (Wildman–Crippen LogP) is 4.18. The Kier molecular flexibility index (Phi) is 6.09. The molecule has 1 saturated heterocycles. The smallest absolute Gasteiger partial charge is 0.407 e. The third-order valence-electron chi connectivity index (χ3n) is 7.74. The normalized spacial score (nSPS) is 20.1. The summed E-state index contributed by atoms with van der Waals surface area (Å²) in [7, 11) is 0. The summed E-state index contributed by atoms with van der Waals surface area (Å²) in [5.41, 5.74) is 4.23. The van der Waals surface area contributed by atoms with Crippen LogP contribution in [0.5, 0.6) is 0 Å². The van der Waals surface area contributed by atoms with Gasteiger partial charge in [-0.1, -0.05) is 54.6 Å². The first-order valence-electron chi connectivity index (χ1n) is 12.2. The van der Waals surface area contributed by atoms with E-state index in [-0.39, 0.29) is 30.4 Å². The summed E-state index contributed by atoms with van der Waals surface area (Å²) < 4.78 is 5.63. The Morgan fingerprint density at radius 1 is 1.11 bits per heavy atom. The number of carbonyl (C=O) groups is 3. The lowest BCUT2D eigenvalue weighted by Gasteiger charge is -2.24. The first-order chi connectivity index (χ1) is 16.9. The largest absolute Gasteiger partial charge is 0.481 e. The number of likely N-dealkylation sites (tertiary alicyclic amines) is 1. The van der Waals surface area contributed by atoms with E-state index in [2.05, 4.69) is 36.2 Å². The van der Waals surface area contributed by atoms with Crippen molar-refractivity contribution >= 4 is 18.0 Å². The Morgan fingerprint density at radius 2 is 1.74 bits per heavy atom.